The molecule has 2 amide bonds. The standard InChI is InChI=1S/C17H29N3O4.2ClH/c21-15(4-3-13-5-8-18-9-6-13)20-11-1-2-14(12-20)17(24)19-10-7-16(22)23;;/h13-14,18H,1-12H2,(H,19,24)(H,22,23);2*1H. The molecule has 152 valence electrons. The van der Waals surface area contributed by atoms with Gasteiger partial charge < -0.3 is 20.6 Å². The summed E-state index contributed by atoms with van der Waals surface area (Å²) in [6.45, 7) is 3.42. The molecule has 0 aromatic carbocycles. The van der Waals surface area contributed by atoms with Gasteiger partial charge in [-0.2, -0.15) is 0 Å². The summed E-state index contributed by atoms with van der Waals surface area (Å²) in [5, 5.41) is 14.6. The molecule has 2 aliphatic heterocycles. The number of carboxylic acids is 1. The Kier molecular flexibility index (Phi) is 12.6. The Morgan fingerprint density at radius 1 is 1.08 bits per heavy atom. The van der Waals surface area contributed by atoms with Crippen LogP contribution >= 0.6 is 24.8 Å². The zero-order valence-corrected chi connectivity index (χ0v) is 16.7. The molecule has 2 fully saturated rings. The van der Waals surface area contributed by atoms with Crippen LogP contribution in [0.1, 0.15) is 44.9 Å². The number of aliphatic carboxylic acids is 1. The Bertz CT molecular complexity index is 459. The van der Waals surface area contributed by atoms with E-state index in [1.807, 2.05) is 4.90 Å². The number of nitrogens with one attached hydrogen (secondary N) is 2. The van der Waals surface area contributed by atoms with Gasteiger partial charge in [-0.05, 0) is 51.1 Å². The van der Waals surface area contributed by atoms with Crippen LogP contribution in [0.25, 0.3) is 0 Å². The molecule has 0 bridgehead atoms. The molecule has 9 heteroatoms. The van der Waals surface area contributed by atoms with Crippen molar-refractivity contribution in [3.63, 3.8) is 0 Å². The van der Waals surface area contributed by atoms with Crippen molar-refractivity contribution in [2.75, 3.05) is 32.7 Å². The van der Waals surface area contributed by atoms with Gasteiger partial charge >= 0.3 is 5.97 Å². The molecular weight excluding hydrogens is 381 g/mol. The summed E-state index contributed by atoms with van der Waals surface area (Å²) in [5.41, 5.74) is 0. The van der Waals surface area contributed by atoms with Crippen LogP contribution in [0.5, 0.6) is 0 Å². The number of nitrogens with zero attached hydrogens (tertiary/aromatic N) is 1. The third-order valence-corrected chi connectivity index (χ3v) is 5.01. The molecule has 26 heavy (non-hydrogen) atoms. The average molecular weight is 412 g/mol. The maximum Gasteiger partial charge on any atom is 0.305 e. The van der Waals surface area contributed by atoms with Crippen molar-refractivity contribution in [1.29, 1.82) is 0 Å². The number of carbonyl (C=O) groups excluding carboxylic acids is 2. The molecule has 0 radical (unpaired) electrons. The third kappa shape index (κ3) is 8.56. The normalized spacial score (nSPS) is 20.5. The first kappa shape index (κ1) is 24.9. The van der Waals surface area contributed by atoms with Crippen molar-refractivity contribution in [2.24, 2.45) is 11.8 Å². The highest BCUT2D eigenvalue weighted by Gasteiger charge is 2.28. The minimum absolute atomic E-state index is 0. The average Bonchev–Trinajstić information content (AvgIpc) is 2.60. The Morgan fingerprint density at radius 3 is 2.42 bits per heavy atom. The van der Waals surface area contributed by atoms with Crippen LogP contribution in [-0.2, 0) is 14.4 Å². The van der Waals surface area contributed by atoms with E-state index >= 15 is 0 Å². The van der Waals surface area contributed by atoms with Gasteiger partial charge in [0.15, 0.2) is 0 Å². The molecule has 2 heterocycles. The fraction of sp³-hybridized carbons (Fsp3) is 0.824. The number of rotatable bonds is 7. The van der Waals surface area contributed by atoms with Gasteiger partial charge in [-0.1, -0.05) is 0 Å². The van der Waals surface area contributed by atoms with Crippen LogP contribution in [0.4, 0.5) is 0 Å². The van der Waals surface area contributed by atoms with E-state index in [4.69, 9.17) is 5.11 Å². The number of likely N-dealkylation sites (tertiary alicyclic amines) is 1. The lowest BCUT2D eigenvalue weighted by atomic mass is 9.92. The zero-order valence-electron chi connectivity index (χ0n) is 15.1. The summed E-state index contributed by atoms with van der Waals surface area (Å²) >= 11 is 0. The van der Waals surface area contributed by atoms with Gasteiger partial charge in [-0.3, -0.25) is 14.4 Å². The van der Waals surface area contributed by atoms with E-state index in [0.717, 1.165) is 51.7 Å². The first-order chi connectivity index (χ1) is 11.6. The zero-order chi connectivity index (χ0) is 17.4. The van der Waals surface area contributed by atoms with Crippen LogP contribution in [-0.4, -0.2) is 60.5 Å². The third-order valence-electron chi connectivity index (χ3n) is 5.01. The second kappa shape index (κ2) is 13.2. The SMILES string of the molecule is Cl.Cl.O=C(O)CCNC(=O)C1CCCN(C(=O)CCC2CCNCC2)C1. The molecule has 7 nitrogen and oxygen atoms in total. The lowest BCUT2D eigenvalue weighted by Gasteiger charge is -2.32. The molecule has 3 N–H and O–H groups in total. The number of piperidine rings is 2. The smallest absolute Gasteiger partial charge is 0.305 e. The number of amides is 2. The number of carbonyl (C=O) groups is 3. The quantitative estimate of drug-likeness (QED) is 0.588. The van der Waals surface area contributed by atoms with E-state index in [1.165, 1.54) is 0 Å². The lowest BCUT2D eigenvalue weighted by molar-refractivity contribution is -0.137. The van der Waals surface area contributed by atoms with E-state index in [9.17, 15) is 14.4 Å². The van der Waals surface area contributed by atoms with Crippen molar-refractivity contribution in [3.8, 4) is 0 Å². The van der Waals surface area contributed by atoms with Gasteiger partial charge in [0.2, 0.25) is 11.8 Å². The summed E-state index contributed by atoms with van der Waals surface area (Å²) in [7, 11) is 0. The minimum Gasteiger partial charge on any atom is -0.481 e. The highest BCUT2D eigenvalue weighted by Crippen LogP contribution is 2.21. The van der Waals surface area contributed by atoms with Crippen LogP contribution in [0.3, 0.4) is 0 Å². The Morgan fingerprint density at radius 2 is 1.77 bits per heavy atom. The highest BCUT2D eigenvalue weighted by atomic mass is 35.5. The second-order valence-corrected chi connectivity index (χ2v) is 6.85. The number of hydrogen-bond donors (Lipinski definition) is 3. The molecular formula is C17H31Cl2N3O4. The summed E-state index contributed by atoms with van der Waals surface area (Å²) in [6, 6.07) is 0. The predicted octanol–water partition coefficient (Wildman–Crippen LogP) is 1.44. The van der Waals surface area contributed by atoms with E-state index in [0.29, 0.717) is 18.9 Å². The van der Waals surface area contributed by atoms with Crippen LogP contribution < -0.4 is 10.6 Å². The van der Waals surface area contributed by atoms with Gasteiger partial charge in [-0.25, -0.2) is 0 Å². The van der Waals surface area contributed by atoms with Gasteiger partial charge in [0.25, 0.3) is 0 Å². The highest BCUT2D eigenvalue weighted by molar-refractivity contribution is 5.85. The first-order valence-electron chi connectivity index (χ1n) is 9.04. The Hall–Kier alpha value is -1.05. The van der Waals surface area contributed by atoms with Gasteiger partial charge in [-0.15, -0.1) is 24.8 Å². The lowest BCUT2D eigenvalue weighted by Crippen LogP contribution is -2.45. The van der Waals surface area contributed by atoms with Gasteiger partial charge in [0.05, 0.1) is 12.3 Å². The fourth-order valence-corrected chi connectivity index (χ4v) is 3.51. The van der Waals surface area contributed by atoms with Gasteiger partial charge in [0.1, 0.15) is 0 Å². The molecule has 2 saturated heterocycles. The number of carboxylic acid groups (broad SMARTS) is 1. The Balaban J connectivity index is 0.00000312. The molecule has 0 aliphatic carbocycles. The van der Waals surface area contributed by atoms with Crippen molar-refractivity contribution in [1.82, 2.24) is 15.5 Å². The van der Waals surface area contributed by atoms with Crippen LogP contribution in [0.15, 0.2) is 0 Å². The maximum absolute atomic E-state index is 12.4. The summed E-state index contributed by atoms with van der Waals surface area (Å²) in [4.78, 5) is 36.8. The Labute approximate surface area is 167 Å². The summed E-state index contributed by atoms with van der Waals surface area (Å²) in [6.07, 6.45) is 5.30. The molecule has 0 aromatic heterocycles. The molecule has 1 unspecified atom stereocenters. The second-order valence-electron chi connectivity index (χ2n) is 6.85. The van der Waals surface area contributed by atoms with E-state index in [1.54, 1.807) is 0 Å². The molecule has 2 aliphatic rings. The summed E-state index contributed by atoms with van der Waals surface area (Å²) in [5.74, 6) is -0.484. The van der Waals surface area contributed by atoms with Crippen molar-refractivity contribution < 1.29 is 19.5 Å². The van der Waals surface area contributed by atoms with Crippen LogP contribution in [0, 0.1) is 11.8 Å². The van der Waals surface area contributed by atoms with E-state index in [2.05, 4.69) is 10.6 Å². The first-order valence-corrected chi connectivity index (χ1v) is 9.04. The summed E-state index contributed by atoms with van der Waals surface area (Å²) < 4.78 is 0. The maximum atomic E-state index is 12.4. The van der Waals surface area contributed by atoms with E-state index in [-0.39, 0.29) is 55.5 Å². The largest absolute Gasteiger partial charge is 0.481 e. The van der Waals surface area contributed by atoms with Crippen molar-refractivity contribution in [3.05, 3.63) is 0 Å². The molecule has 1 atom stereocenters. The predicted molar refractivity (Wildman–Crippen MR) is 104 cm³/mol. The fourth-order valence-electron chi connectivity index (χ4n) is 3.51. The van der Waals surface area contributed by atoms with E-state index < -0.39 is 5.97 Å². The van der Waals surface area contributed by atoms with Crippen molar-refractivity contribution in [2.45, 2.75) is 44.9 Å². The monoisotopic (exact) mass is 411 g/mol. The van der Waals surface area contributed by atoms with Crippen molar-refractivity contribution >= 4 is 42.6 Å². The molecule has 0 aromatic rings. The number of halogens is 2. The number of hydrogen-bond acceptors (Lipinski definition) is 4. The molecule has 0 saturated carbocycles. The van der Waals surface area contributed by atoms with Crippen LogP contribution in [0.2, 0.25) is 0 Å². The topological polar surface area (TPSA) is 98.7 Å². The minimum atomic E-state index is -0.923. The molecule has 2 rings (SSSR count). The van der Waals surface area contributed by atoms with Gasteiger partial charge in [0, 0.05) is 26.1 Å². The molecule has 0 spiro atoms.